The number of benzene rings is 3. The second-order valence-corrected chi connectivity index (χ2v) is 5.76. The molecule has 0 aromatic heterocycles. The number of hydrogen-bond donors (Lipinski definition) is 1. The molecule has 138 valence electrons. The van der Waals surface area contributed by atoms with Crippen LogP contribution in [0.3, 0.4) is 0 Å². The lowest BCUT2D eigenvalue weighted by Gasteiger charge is -1.92. The third kappa shape index (κ3) is 9.29. The smallest absolute Gasteiger partial charge is 0.115 e. The van der Waals surface area contributed by atoms with Gasteiger partial charge < -0.3 is 5.11 Å². The van der Waals surface area contributed by atoms with Crippen molar-refractivity contribution in [3.63, 3.8) is 0 Å². The minimum atomic E-state index is 0.281. The number of hydrogen-bond acceptors (Lipinski definition) is 1. The minimum Gasteiger partial charge on any atom is -0.508 e. The predicted octanol–water partition coefficient (Wildman–Crippen LogP) is 7.43. The molecular weight excluding hydrogens is 352 g/mol. The fourth-order valence-electron chi connectivity index (χ4n) is 1.94. The SMILES string of the molecule is C=Cc1ccc(C=C)cc1.C=Cc1ccccc1.Oc1ccc(CCl)cc1. The van der Waals surface area contributed by atoms with E-state index in [0.717, 1.165) is 16.7 Å². The van der Waals surface area contributed by atoms with Crippen molar-refractivity contribution in [2.24, 2.45) is 0 Å². The van der Waals surface area contributed by atoms with E-state index in [1.165, 1.54) is 5.56 Å². The molecule has 0 fully saturated rings. The second kappa shape index (κ2) is 13.2. The number of phenolic OH excluding ortho intramolecular Hbond substituents is 1. The van der Waals surface area contributed by atoms with Crippen LogP contribution in [0, 0.1) is 0 Å². The van der Waals surface area contributed by atoms with Crippen molar-refractivity contribution in [1.82, 2.24) is 0 Å². The maximum atomic E-state index is 8.81. The van der Waals surface area contributed by atoms with E-state index in [-0.39, 0.29) is 5.75 Å². The molecule has 0 radical (unpaired) electrons. The Morgan fingerprint density at radius 3 is 1.37 bits per heavy atom. The molecule has 0 bridgehead atoms. The summed E-state index contributed by atoms with van der Waals surface area (Å²) in [5.74, 6) is 0.782. The first-order chi connectivity index (χ1) is 13.1. The molecule has 0 saturated carbocycles. The van der Waals surface area contributed by atoms with Gasteiger partial charge in [0, 0.05) is 5.88 Å². The molecular formula is C25H25ClO. The molecule has 0 aliphatic heterocycles. The largest absolute Gasteiger partial charge is 0.508 e. The van der Waals surface area contributed by atoms with Gasteiger partial charge in [-0.05, 0) is 34.4 Å². The highest BCUT2D eigenvalue weighted by Gasteiger charge is 1.88. The van der Waals surface area contributed by atoms with Crippen LogP contribution in [-0.4, -0.2) is 5.11 Å². The summed E-state index contributed by atoms with van der Waals surface area (Å²) in [7, 11) is 0. The van der Waals surface area contributed by atoms with E-state index >= 15 is 0 Å². The summed E-state index contributed by atoms with van der Waals surface area (Å²) in [6, 6.07) is 24.9. The van der Waals surface area contributed by atoms with Crippen LogP contribution < -0.4 is 0 Å². The van der Waals surface area contributed by atoms with E-state index in [1.54, 1.807) is 24.3 Å². The fraction of sp³-hybridized carbons (Fsp3) is 0.0400. The highest BCUT2D eigenvalue weighted by molar-refractivity contribution is 6.17. The maximum absolute atomic E-state index is 8.81. The predicted molar refractivity (Wildman–Crippen MR) is 121 cm³/mol. The lowest BCUT2D eigenvalue weighted by molar-refractivity contribution is 0.475. The van der Waals surface area contributed by atoms with E-state index in [2.05, 4.69) is 19.7 Å². The van der Waals surface area contributed by atoms with Crippen molar-refractivity contribution in [2.75, 3.05) is 0 Å². The van der Waals surface area contributed by atoms with Crippen LogP contribution in [-0.2, 0) is 5.88 Å². The Morgan fingerprint density at radius 2 is 1.04 bits per heavy atom. The van der Waals surface area contributed by atoms with E-state index in [0.29, 0.717) is 5.88 Å². The highest BCUT2D eigenvalue weighted by Crippen LogP contribution is 2.10. The van der Waals surface area contributed by atoms with E-state index in [4.69, 9.17) is 16.7 Å². The van der Waals surface area contributed by atoms with Crippen LogP contribution in [0.4, 0.5) is 0 Å². The zero-order chi connectivity index (χ0) is 19.9. The summed E-state index contributed by atoms with van der Waals surface area (Å²) in [5.41, 5.74) is 4.48. The third-order valence-corrected chi connectivity index (χ3v) is 3.84. The third-order valence-electron chi connectivity index (χ3n) is 3.53. The normalized spacial score (nSPS) is 8.93. The number of rotatable bonds is 4. The van der Waals surface area contributed by atoms with E-state index < -0.39 is 0 Å². The van der Waals surface area contributed by atoms with Gasteiger partial charge in [-0.25, -0.2) is 0 Å². The van der Waals surface area contributed by atoms with Gasteiger partial charge in [-0.2, -0.15) is 0 Å². The molecule has 0 spiro atoms. The molecule has 3 aromatic rings. The highest BCUT2D eigenvalue weighted by atomic mass is 35.5. The fourth-order valence-corrected chi connectivity index (χ4v) is 2.12. The standard InChI is InChI=1S/C10H10.C8H8.C7H7ClO/c1-3-9-5-7-10(4-2)8-6-9;1-2-8-6-4-3-5-7-8;8-5-6-1-3-7(9)4-2-6/h3-8H,1-2H2;2-7H,1H2;1-4,9H,5H2. The topological polar surface area (TPSA) is 20.2 Å². The lowest BCUT2D eigenvalue weighted by atomic mass is 10.1. The van der Waals surface area contributed by atoms with Crippen molar-refractivity contribution in [3.8, 4) is 5.75 Å². The molecule has 0 saturated heterocycles. The monoisotopic (exact) mass is 376 g/mol. The van der Waals surface area contributed by atoms with Crippen LogP contribution in [0.2, 0.25) is 0 Å². The maximum Gasteiger partial charge on any atom is 0.115 e. The van der Waals surface area contributed by atoms with E-state index in [1.807, 2.05) is 72.8 Å². The van der Waals surface area contributed by atoms with E-state index in [9.17, 15) is 0 Å². The van der Waals surface area contributed by atoms with Crippen molar-refractivity contribution in [3.05, 3.63) is 121 Å². The molecule has 1 N–H and O–H groups in total. The molecule has 1 nitrogen and oxygen atoms in total. The molecule has 3 rings (SSSR count). The zero-order valence-corrected chi connectivity index (χ0v) is 16.1. The van der Waals surface area contributed by atoms with Gasteiger partial charge in [-0.15, -0.1) is 11.6 Å². The van der Waals surface area contributed by atoms with Gasteiger partial charge in [0.15, 0.2) is 0 Å². The van der Waals surface area contributed by atoms with Gasteiger partial charge >= 0.3 is 0 Å². The Morgan fingerprint density at radius 1 is 0.630 bits per heavy atom. The van der Waals surface area contributed by atoms with Crippen LogP contribution in [0.15, 0.2) is 98.6 Å². The van der Waals surface area contributed by atoms with Gasteiger partial charge in [-0.3, -0.25) is 0 Å². The molecule has 0 amide bonds. The first-order valence-electron chi connectivity index (χ1n) is 8.49. The van der Waals surface area contributed by atoms with Crippen LogP contribution in [0.5, 0.6) is 5.75 Å². The number of alkyl halides is 1. The summed E-state index contributed by atoms with van der Waals surface area (Å²) in [6.07, 6.45) is 5.49. The van der Waals surface area contributed by atoms with Crippen molar-refractivity contribution < 1.29 is 5.11 Å². The molecule has 2 heteroatoms. The van der Waals surface area contributed by atoms with Crippen LogP contribution in [0.1, 0.15) is 22.3 Å². The summed E-state index contributed by atoms with van der Waals surface area (Å²) < 4.78 is 0. The number of halogens is 1. The van der Waals surface area contributed by atoms with Gasteiger partial charge in [0.2, 0.25) is 0 Å². The molecule has 0 atom stereocenters. The molecule has 27 heavy (non-hydrogen) atoms. The van der Waals surface area contributed by atoms with Gasteiger partial charge in [0.25, 0.3) is 0 Å². The average molecular weight is 377 g/mol. The lowest BCUT2D eigenvalue weighted by Crippen LogP contribution is -1.73. The van der Waals surface area contributed by atoms with Gasteiger partial charge in [0.05, 0.1) is 0 Å². The Kier molecular flexibility index (Phi) is 10.8. The van der Waals surface area contributed by atoms with Crippen molar-refractivity contribution >= 4 is 29.8 Å². The molecule has 0 unspecified atom stereocenters. The first kappa shape index (κ1) is 22.0. The molecule has 0 aliphatic rings. The van der Waals surface area contributed by atoms with Crippen molar-refractivity contribution in [2.45, 2.75) is 5.88 Å². The minimum absolute atomic E-state index is 0.281. The van der Waals surface area contributed by atoms with Crippen molar-refractivity contribution in [1.29, 1.82) is 0 Å². The Hall–Kier alpha value is -3.03. The summed E-state index contributed by atoms with van der Waals surface area (Å²) >= 11 is 5.50. The molecule has 3 aromatic carbocycles. The Balaban J connectivity index is 0.000000204. The van der Waals surface area contributed by atoms with Gasteiger partial charge in [0.1, 0.15) is 5.75 Å². The Labute approximate surface area is 167 Å². The number of phenols is 1. The zero-order valence-electron chi connectivity index (χ0n) is 15.4. The number of aromatic hydroxyl groups is 1. The van der Waals surface area contributed by atoms with Gasteiger partial charge in [-0.1, -0.05) is 105 Å². The summed E-state index contributed by atoms with van der Waals surface area (Å²) in [6.45, 7) is 11.0. The molecule has 0 aliphatic carbocycles. The average Bonchev–Trinajstić information content (AvgIpc) is 2.76. The quantitative estimate of drug-likeness (QED) is 0.469. The summed E-state index contributed by atoms with van der Waals surface area (Å²) in [5, 5.41) is 8.81. The first-order valence-corrected chi connectivity index (χ1v) is 9.02. The Bertz CT molecular complexity index is 776. The second-order valence-electron chi connectivity index (χ2n) is 5.49. The molecule has 0 heterocycles. The van der Waals surface area contributed by atoms with Crippen LogP contribution >= 0.6 is 11.6 Å². The van der Waals surface area contributed by atoms with Crippen LogP contribution in [0.25, 0.3) is 18.2 Å². The summed E-state index contributed by atoms with van der Waals surface area (Å²) in [4.78, 5) is 0.